The largest absolute Gasteiger partial charge is 0.377 e. The van der Waals surface area contributed by atoms with Crippen LogP contribution in [0.4, 0.5) is 5.69 Å². The van der Waals surface area contributed by atoms with Crippen LogP contribution >= 0.6 is 0 Å². The first-order valence-electron chi connectivity index (χ1n) is 13.3. The van der Waals surface area contributed by atoms with Gasteiger partial charge in [-0.15, -0.1) is 5.92 Å². The quantitative estimate of drug-likeness (QED) is 0.568. The molecule has 0 unspecified atom stereocenters. The van der Waals surface area contributed by atoms with Gasteiger partial charge in [0.1, 0.15) is 5.60 Å². The number of anilines is 1. The molecule has 0 radical (unpaired) electrons. The van der Waals surface area contributed by atoms with Crippen LogP contribution in [0.1, 0.15) is 82.3 Å². The lowest BCUT2D eigenvalue weighted by Gasteiger charge is -2.53. The van der Waals surface area contributed by atoms with Gasteiger partial charge in [-0.3, -0.25) is 4.79 Å². The van der Waals surface area contributed by atoms with Crippen molar-refractivity contribution in [1.82, 2.24) is 0 Å². The van der Waals surface area contributed by atoms with Gasteiger partial charge in [0, 0.05) is 36.5 Å². The number of hydrogen-bond acceptors (Lipinski definition) is 3. The number of carbonyl (C=O) groups excluding carboxylic acids is 1. The van der Waals surface area contributed by atoms with E-state index in [1.54, 1.807) is 5.57 Å². The Morgan fingerprint density at radius 1 is 1.15 bits per heavy atom. The van der Waals surface area contributed by atoms with E-state index in [-0.39, 0.29) is 11.3 Å². The van der Waals surface area contributed by atoms with E-state index < -0.39 is 5.60 Å². The van der Waals surface area contributed by atoms with Gasteiger partial charge < -0.3 is 10.0 Å². The van der Waals surface area contributed by atoms with Crippen molar-refractivity contribution in [3.05, 3.63) is 52.1 Å². The Hall–Kier alpha value is -2.31. The fraction of sp³-hybridized carbons (Fsp3) is 0.581. The highest BCUT2D eigenvalue weighted by atomic mass is 16.3. The van der Waals surface area contributed by atoms with Gasteiger partial charge in [-0.1, -0.05) is 30.6 Å². The van der Waals surface area contributed by atoms with Crippen molar-refractivity contribution in [1.29, 1.82) is 0 Å². The number of ketones is 1. The van der Waals surface area contributed by atoms with Crippen LogP contribution < -0.4 is 4.90 Å². The molecule has 4 aliphatic carbocycles. The van der Waals surface area contributed by atoms with Gasteiger partial charge in [0.25, 0.3) is 0 Å². The molecule has 6 rings (SSSR count). The van der Waals surface area contributed by atoms with Gasteiger partial charge in [0.05, 0.1) is 0 Å². The number of nitrogens with zero attached hydrogens (tertiary/aromatic N) is 1. The summed E-state index contributed by atoms with van der Waals surface area (Å²) in [7, 11) is 0. The molecule has 1 saturated heterocycles. The zero-order valence-electron chi connectivity index (χ0n) is 20.9. The Bertz CT molecular complexity index is 1180. The summed E-state index contributed by atoms with van der Waals surface area (Å²) in [6, 6.07) is 7.08. The molecule has 1 heterocycles. The first-order chi connectivity index (χ1) is 16.3. The molecule has 1 aromatic rings. The molecule has 1 N–H and O–H groups in total. The van der Waals surface area contributed by atoms with E-state index in [1.807, 2.05) is 13.0 Å². The maximum absolute atomic E-state index is 12.3. The molecule has 3 fully saturated rings. The lowest BCUT2D eigenvalue weighted by Crippen LogP contribution is -2.51. The Kier molecular flexibility index (Phi) is 5.12. The molecule has 3 nitrogen and oxygen atoms in total. The molecule has 34 heavy (non-hydrogen) atoms. The van der Waals surface area contributed by atoms with E-state index in [1.165, 1.54) is 34.4 Å². The Morgan fingerprint density at radius 3 is 2.71 bits per heavy atom. The number of allylic oxidation sites excluding steroid dienone is 4. The van der Waals surface area contributed by atoms with E-state index in [9.17, 15) is 9.90 Å². The standard InChI is InChI=1S/C31H37NO2/c1-4-13-31(34)14-12-27-25-10-8-21-17-23(33)9-11-24(21)29(25)26(19-30(27,31)3)22-7-6-20(2)28(18-22)32-15-5-16-32/h6-7,17-18,25-27,34H,5,8-12,14-16,19H2,1-3H3/t25-,26+,27-,30-,31-/m0/s1. The summed E-state index contributed by atoms with van der Waals surface area (Å²) in [5, 5.41) is 11.8. The predicted octanol–water partition coefficient (Wildman–Crippen LogP) is 5.86. The van der Waals surface area contributed by atoms with Gasteiger partial charge in [0.15, 0.2) is 5.78 Å². The summed E-state index contributed by atoms with van der Waals surface area (Å²) >= 11 is 0. The van der Waals surface area contributed by atoms with Crippen molar-refractivity contribution < 1.29 is 9.90 Å². The van der Waals surface area contributed by atoms with Crippen molar-refractivity contribution in [3.8, 4) is 11.8 Å². The van der Waals surface area contributed by atoms with Crippen LogP contribution in [0.5, 0.6) is 0 Å². The molecule has 5 aliphatic rings. The molecular weight excluding hydrogens is 418 g/mol. The second-order valence-corrected chi connectivity index (χ2v) is 11.7. The van der Waals surface area contributed by atoms with Crippen LogP contribution in [0.15, 0.2) is 41.0 Å². The maximum Gasteiger partial charge on any atom is 0.156 e. The number of fused-ring (bicyclic) bond motifs is 4. The van der Waals surface area contributed by atoms with Gasteiger partial charge in [0.2, 0.25) is 0 Å². The number of rotatable bonds is 2. The third kappa shape index (κ3) is 3.11. The van der Waals surface area contributed by atoms with Gasteiger partial charge >= 0.3 is 0 Å². The van der Waals surface area contributed by atoms with E-state index in [2.05, 4.69) is 48.8 Å². The van der Waals surface area contributed by atoms with E-state index in [0.29, 0.717) is 24.0 Å². The van der Waals surface area contributed by atoms with E-state index in [0.717, 1.165) is 51.6 Å². The lowest BCUT2D eigenvalue weighted by atomic mass is 9.51. The lowest BCUT2D eigenvalue weighted by molar-refractivity contribution is -0.114. The molecule has 1 aliphatic heterocycles. The average molecular weight is 456 g/mol. The number of benzene rings is 1. The Labute approximate surface area is 204 Å². The Balaban J connectivity index is 1.52. The maximum atomic E-state index is 12.3. The third-order valence-corrected chi connectivity index (χ3v) is 10.1. The fourth-order valence-electron chi connectivity index (χ4n) is 8.12. The SMILES string of the molecule is CC#C[C@]1(O)CC[C@H]2[C@@H]3CCC4=CC(=O)CCC4=C3[C@@H](c3ccc(C)c(N4CCC4)c3)C[C@@]21C. The molecule has 0 amide bonds. The normalized spacial score (nSPS) is 36.6. The molecule has 0 bridgehead atoms. The summed E-state index contributed by atoms with van der Waals surface area (Å²) in [6.45, 7) is 8.70. The highest BCUT2D eigenvalue weighted by Crippen LogP contribution is 2.66. The van der Waals surface area contributed by atoms with Crippen molar-refractivity contribution in [3.63, 3.8) is 0 Å². The molecule has 0 spiro atoms. The molecule has 1 aromatic carbocycles. The number of aliphatic hydroxyl groups is 1. The van der Waals surface area contributed by atoms with Crippen molar-refractivity contribution in [2.45, 2.75) is 83.7 Å². The summed E-state index contributed by atoms with van der Waals surface area (Å²) in [4.78, 5) is 14.8. The van der Waals surface area contributed by atoms with E-state index >= 15 is 0 Å². The zero-order chi connectivity index (χ0) is 23.7. The fourth-order valence-corrected chi connectivity index (χ4v) is 8.12. The van der Waals surface area contributed by atoms with Crippen LogP contribution in [-0.4, -0.2) is 29.6 Å². The minimum Gasteiger partial charge on any atom is -0.377 e. The van der Waals surface area contributed by atoms with Gasteiger partial charge in [-0.2, -0.15) is 0 Å². The molecule has 178 valence electrons. The van der Waals surface area contributed by atoms with Crippen molar-refractivity contribution in [2.24, 2.45) is 17.3 Å². The Morgan fingerprint density at radius 2 is 1.97 bits per heavy atom. The van der Waals surface area contributed by atoms with Gasteiger partial charge in [-0.25, -0.2) is 0 Å². The minimum absolute atomic E-state index is 0.219. The van der Waals surface area contributed by atoms with Crippen molar-refractivity contribution in [2.75, 3.05) is 18.0 Å². The summed E-state index contributed by atoms with van der Waals surface area (Å²) in [6.07, 6.45) is 9.59. The highest BCUT2D eigenvalue weighted by Gasteiger charge is 2.62. The third-order valence-electron chi connectivity index (χ3n) is 10.1. The summed E-state index contributed by atoms with van der Waals surface area (Å²) < 4.78 is 0. The number of aryl methyl sites for hydroxylation is 1. The number of hydrogen-bond donors (Lipinski definition) is 1. The highest BCUT2D eigenvalue weighted by molar-refractivity contribution is 5.93. The molecule has 2 saturated carbocycles. The average Bonchev–Trinajstić information content (AvgIpc) is 3.03. The van der Waals surface area contributed by atoms with Crippen LogP contribution in [-0.2, 0) is 4.79 Å². The van der Waals surface area contributed by atoms with Crippen LogP contribution in [0.2, 0.25) is 0 Å². The van der Waals surface area contributed by atoms with Crippen LogP contribution in [0, 0.1) is 36.0 Å². The van der Waals surface area contributed by atoms with E-state index in [4.69, 9.17) is 0 Å². The second-order valence-electron chi connectivity index (χ2n) is 11.7. The summed E-state index contributed by atoms with van der Waals surface area (Å²) in [5.41, 5.74) is 7.35. The molecule has 3 heteroatoms. The summed E-state index contributed by atoms with van der Waals surface area (Å²) in [5.74, 6) is 7.84. The first kappa shape index (κ1) is 22.2. The molecular formula is C31H37NO2. The van der Waals surface area contributed by atoms with Gasteiger partial charge in [-0.05, 0) is 105 Å². The zero-order valence-corrected chi connectivity index (χ0v) is 20.9. The molecule has 0 aromatic heterocycles. The monoisotopic (exact) mass is 455 g/mol. The van der Waals surface area contributed by atoms with Crippen molar-refractivity contribution >= 4 is 11.5 Å². The number of carbonyl (C=O) groups is 1. The van der Waals surface area contributed by atoms with Crippen LogP contribution in [0.3, 0.4) is 0 Å². The predicted molar refractivity (Wildman–Crippen MR) is 137 cm³/mol. The molecule has 5 atom stereocenters. The topological polar surface area (TPSA) is 40.5 Å². The smallest absolute Gasteiger partial charge is 0.156 e. The van der Waals surface area contributed by atoms with Crippen LogP contribution in [0.25, 0.3) is 0 Å². The first-order valence-corrected chi connectivity index (χ1v) is 13.3. The minimum atomic E-state index is -0.912. The second kappa shape index (κ2) is 7.85.